The van der Waals surface area contributed by atoms with Crippen LogP contribution in [-0.4, -0.2) is 16.4 Å². The molecule has 0 spiro atoms. The van der Waals surface area contributed by atoms with Gasteiger partial charge in [-0.25, -0.2) is 9.37 Å². The maximum atomic E-state index is 13.8. The minimum atomic E-state index is -0.773. The number of thiazole rings is 1. The topological polar surface area (TPSA) is 68.0 Å². The number of halogens is 1. The first-order valence-corrected chi connectivity index (χ1v) is 8.60. The van der Waals surface area contributed by atoms with E-state index in [1.165, 1.54) is 17.4 Å². The van der Waals surface area contributed by atoms with Crippen LogP contribution in [0.5, 0.6) is 0 Å². The van der Waals surface area contributed by atoms with Gasteiger partial charge in [0.15, 0.2) is 5.13 Å². The van der Waals surface area contributed by atoms with Crippen molar-refractivity contribution in [3.63, 3.8) is 0 Å². The van der Waals surface area contributed by atoms with Crippen LogP contribution in [-0.2, 0) is 11.2 Å². The Morgan fingerprint density at radius 1 is 1.39 bits per heavy atom. The number of aromatic nitrogens is 1. The average molecular weight is 333 g/mol. The van der Waals surface area contributed by atoms with Crippen LogP contribution in [0.4, 0.5) is 9.52 Å². The number of rotatable bonds is 4. The maximum absolute atomic E-state index is 13.8. The van der Waals surface area contributed by atoms with Crippen LogP contribution in [0, 0.1) is 12.7 Å². The molecular formula is C17H20FN3OS. The van der Waals surface area contributed by atoms with Crippen molar-refractivity contribution in [3.05, 3.63) is 46.2 Å². The summed E-state index contributed by atoms with van der Waals surface area (Å²) in [7, 11) is 0. The Morgan fingerprint density at radius 2 is 2.09 bits per heavy atom. The normalized spacial score (nSPS) is 16.5. The van der Waals surface area contributed by atoms with E-state index in [4.69, 9.17) is 5.73 Å². The van der Waals surface area contributed by atoms with E-state index in [-0.39, 0.29) is 11.7 Å². The number of anilines is 1. The molecule has 1 saturated carbocycles. The molecular weight excluding hydrogens is 313 g/mol. The number of amides is 1. The number of carbonyl (C=O) groups excluding carboxylic acids is 1. The molecule has 1 aliphatic carbocycles. The maximum Gasteiger partial charge on any atom is 0.246 e. The molecule has 1 aromatic carbocycles. The van der Waals surface area contributed by atoms with Crippen LogP contribution in [0.2, 0.25) is 0 Å². The highest BCUT2D eigenvalue weighted by molar-refractivity contribution is 7.15. The van der Waals surface area contributed by atoms with E-state index < -0.39 is 5.54 Å². The zero-order valence-corrected chi connectivity index (χ0v) is 13.9. The fourth-order valence-electron chi connectivity index (χ4n) is 2.91. The molecule has 0 bridgehead atoms. The van der Waals surface area contributed by atoms with Crippen molar-refractivity contribution in [1.29, 1.82) is 0 Å². The molecule has 0 saturated heterocycles. The number of carbonyl (C=O) groups is 1. The first-order chi connectivity index (χ1) is 11.0. The van der Waals surface area contributed by atoms with Crippen molar-refractivity contribution >= 4 is 22.4 Å². The van der Waals surface area contributed by atoms with Crippen molar-refractivity contribution in [1.82, 2.24) is 4.98 Å². The second kappa shape index (κ2) is 6.37. The standard InChI is InChI=1S/C17H20FN3OS/c1-11-14(10-12-6-2-3-7-13(12)18)23-16(20-11)21-15(22)17(19)8-4-5-9-17/h2-3,6-7H,4-5,8-10,19H2,1H3,(H,20,21,22). The van der Waals surface area contributed by atoms with E-state index in [2.05, 4.69) is 10.3 Å². The Bertz CT molecular complexity index is 722. The van der Waals surface area contributed by atoms with E-state index in [0.29, 0.717) is 30.0 Å². The summed E-state index contributed by atoms with van der Waals surface area (Å²) < 4.78 is 13.8. The van der Waals surface area contributed by atoms with Crippen molar-refractivity contribution in [2.75, 3.05) is 5.32 Å². The van der Waals surface area contributed by atoms with Gasteiger partial charge in [0.2, 0.25) is 5.91 Å². The Balaban J connectivity index is 1.73. The van der Waals surface area contributed by atoms with Gasteiger partial charge in [0.1, 0.15) is 5.82 Å². The van der Waals surface area contributed by atoms with E-state index in [1.807, 2.05) is 13.0 Å². The molecule has 3 rings (SSSR count). The Kier molecular flexibility index (Phi) is 4.46. The lowest BCUT2D eigenvalue weighted by atomic mass is 9.98. The molecule has 1 aliphatic rings. The van der Waals surface area contributed by atoms with Crippen LogP contribution < -0.4 is 11.1 Å². The van der Waals surface area contributed by atoms with Gasteiger partial charge in [0, 0.05) is 11.3 Å². The lowest BCUT2D eigenvalue weighted by Crippen LogP contribution is -2.48. The van der Waals surface area contributed by atoms with E-state index in [9.17, 15) is 9.18 Å². The number of aryl methyl sites for hydroxylation is 1. The molecule has 0 unspecified atom stereocenters. The summed E-state index contributed by atoms with van der Waals surface area (Å²) in [5.74, 6) is -0.390. The Hall–Kier alpha value is -1.79. The highest BCUT2D eigenvalue weighted by Crippen LogP contribution is 2.30. The molecule has 2 aromatic rings. The van der Waals surface area contributed by atoms with Crippen molar-refractivity contribution < 1.29 is 9.18 Å². The molecule has 4 nitrogen and oxygen atoms in total. The van der Waals surface area contributed by atoms with Crippen molar-refractivity contribution in [2.45, 2.75) is 44.6 Å². The number of nitrogens with two attached hydrogens (primary N) is 1. The van der Waals surface area contributed by atoms with E-state index >= 15 is 0 Å². The Morgan fingerprint density at radius 3 is 2.78 bits per heavy atom. The largest absolute Gasteiger partial charge is 0.317 e. The quantitative estimate of drug-likeness (QED) is 0.901. The van der Waals surface area contributed by atoms with E-state index in [0.717, 1.165) is 23.4 Å². The predicted octanol–water partition coefficient (Wildman–Crippen LogP) is 3.39. The van der Waals surface area contributed by atoms with E-state index in [1.54, 1.807) is 12.1 Å². The number of benzene rings is 1. The van der Waals surface area contributed by atoms with Crippen molar-refractivity contribution in [3.8, 4) is 0 Å². The summed E-state index contributed by atoms with van der Waals surface area (Å²) >= 11 is 1.38. The monoisotopic (exact) mass is 333 g/mol. The molecule has 122 valence electrons. The lowest BCUT2D eigenvalue weighted by molar-refractivity contribution is -0.121. The minimum Gasteiger partial charge on any atom is -0.317 e. The highest BCUT2D eigenvalue weighted by atomic mass is 32.1. The number of nitrogens with zero attached hydrogens (tertiary/aromatic N) is 1. The van der Waals surface area contributed by atoms with Crippen LogP contribution in [0.25, 0.3) is 0 Å². The van der Waals surface area contributed by atoms with Gasteiger partial charge in [-0.15, -0.1) is 11.3 Å². The molecule has 23 heavy (non-hydrogen) atoms. The fraction of sp³-hybridized carbons (Fsp3) is 0.412. The molecule has 0 radical (unpaired) electrons. The summed E-state index contributed by atoms with van der Waals surface area (Å²) in [5.41, 5.74) is 6.82. The Labute approximate surface area is 138 Å². The summed E-state index contributed by atoms with van der Waals surface area (Å²) in [5, 5.41) is 3.37. The zero-order valence-electron chi connectivity index (χ0n) is 13.1. The molecule has 0 aliphatic heterocycles. The third-order valence-corrected chi connectivity index (χ3v) is 5.44. The third-order valence-electron chi connectivity index (χ3n) is 4.37. The smallest absolute Gasteiger partial charge is 0.246 e. The number of hydrogen-bond acceptors (Lipinski definition) is 4. The lowest BCUT2D eigenvalue weighted by Gasteiger charge is -2.21. The van der Waals surface area contributed by atoms with Gasteiger partial charge in [-0.1, -0.05) is 31.0 Å². The molecule has 1 heterocycles. The van der Waals surface area contributed by atoms with Gasteiger partial charge < -0.3 is 11.1 Å². The SMILES string of the molecule is Cc1nc(NC(=O)C2(N)CCCC2)sc1Cc1ccccc1F. The summed E-state index contributed by atoms with van der Waals surface area (Å²) in [6, 6.07) is 6.70. The summed E-state index contributed by atoms with van der Waals surface area (Å²) in [4.78, 5) is 17.7. The van der Waals surface area contributed by atoms with Gasteiger partial charge in [-0.3, -0.25) is 4.79 Å². The minimum absolute atomic E-state index is 0.166. The molecule has 0 atom stereocenters. The molecule has 6 heteroatoms. The molecule has 1 fully saturated rings. The number of hydrogen-bond donors (Lipinski definition) is 2. The van der Waals surface area contributed by atoms with Gasteiger partial charge in [-0.2, -0.15) is 0 Å². The fourth-order valence-corrected chi connectivity index (χ4v) is 3.90. The zero-order chi connectivity index (χ0) is 16.4. The first-order valence-electron chi connectivity index (χ1n) is 7.78. The number of nitrogens with one attached hydrogen (secondary N) is 1. The first kappa shape index (κ1) is 16.1. The second-order valence-corrected chi connectivity index (χ2v) is 7.20. The molecule has 1 amide bonds. The molecule has 1 aromatic heterocycles. The summed E-state index contributed by atoms with van der Waals surface area (Å²) in [6.45, 7) is 1.87. The van der Waals surface area contributed by atoms with Crippen molar-refractivity contribution in [2.24, 2.45) is 5.73 Å². The van der Waals surface area contributed by atoms with Gasteiger partial charge >= 0.3 is 0 Å². The summed E-state index contributed by atoms with van der Waals surface area (Å²) in [6.07, 6.45) is 3.87. The average Bonchev–Trinajstić information content (AvgIpc) is 3.09. The van der Waals surface area contributed by atoms with Gasteiger partial charge in [-0.05, 0) is 31.4 Å². The van der Waals surface area contributed by atoms with Crippen LogP contribution in [0.3, 0.4) is 0 Å². The van der Waals surface area contributed by atoms with Crippen LogP contribution in [0.15, 0.2) is 24.3 Å². The predicted molar refractivity (Wildman–Crippen MR) is 90.1 cm³/mol. The third kappa shape index (κ3) is 3.43. The highest BCUT2D eigenvalue weighted by Gasteiger charge is 2.37. The van der Waals surface area contributed by atoms with Gasteiger partial charge in [0.25, 0.3) is 0 Å². The van der Waals surface area contributed by atoms with Gasteiger partial charge in [0.05, 0.1) is 11.2 Å². The molecule has 3 N–H and O–H groups in total. The van der Waals surface area contributed by atoms with Crippen LogP contribution in [0.1, 0.15) is 41.8 Å². The van der Waals surface area contributed by atoms with Crippen LogP contribution >= 0.6 is 11.3 Å². The second-order valence-electron chi connectivity index (χ2n) is 6.11.